The van der Waals surface area contributed by atoms with Crippen molar-refractivity contribution in [3.8, 4) is 0 Å². The highest BCUT2D eigenvalue weighted by Crippen LogP contribution is 2.23. The average Bonchev–Trinajstić information content (AvgIpc) is 3.22. The van der Waals surface area contributed by atoms with Gasteiger partial charge in [-0.05, 0) is 94.9 Å². The molecule has 2 aromatic heterocycles. The number of aryl methyl sites for hydroxylation is 3. The molecule has 0 amide bonds. The Kier molecular flexibility index (Phi) is 7.31. The van der Waals surface area contributed by atoms with Gasteiger partial charge in [-0.1, -0.05) is 37.6 Å². The van der Waals surface area contributed by atoms with E-state index in [0.717, 1.165) is 48.1 Å². The van der Waals surface area contributed by atoms with Crippen molar-refractivity contribution in [1.82, 2.24) is 24.3 Å². The summed E-state index contributed by atoms with van der Waals surface area (Å²) in [6.07, 6.45) is 9.01. The lowest BCUT2D eigenvalue weighted by Gasteiger charge is -2.40. The molecule has 2 fully saturated rings. The molecule has 0 aliphatic carbocycles. The molecule has 5 heteroatoms. The van der Waals surface area contributed by atoms with E-state index in [1.807, 2.05) is 0 Å². The molecular formula is C29H41N5. The summed E-state index contributed by atoms with van der Waals surface area (Å²) in [7, 11) is 0. The summed E-state index contributed by atoms with van der Waals surface area (Å²) >= 11 is 0. The maximum atomic E-state index is 4.89. The predicted octanol–water partition coefficient (Wildman–Crippen LogP) is 5.15. The molecule has 2 aliphatic rings. The lowest BCUT2D eigenvalue weighted by Crippen LogP contribution is -2.47. The number of hydrogen-bond acceptors (Lipinski definition) is 4. The fourth-order valence-electron chi connectivity index (χ4n) is 5.96. The molecule has 5 rings (SSSR count). The largest absolute Gasteiger partial charge is 0.308 e. The fraction of sp³-hybridized carbons (Fsp3) is 0.586. The predicted molar refractivity (Wildman–Crippen MR) is 141 cm³/mol. The van der Waals surface area contributed by atoms with E-state index in [4.69, 9.17) is 9.97 Å². The normalized spacial score (nSPS) is 18.7. The summed E-state index contributed by atoms with van der Waals surface area (Å²) in [4.78, 5) is 15.2. The third kappa shape index (κ3) is 5.21. The van der Waals surface area contributed by atoms with Crippen LogP contribution in [0.2, 0.25) is 0 Å². The quantitative estimate of drug-likeness (QED) is 0.490. The maximum absolute atomic E-state index is 4.89. The van der Waals surface area contributed by atoms with Crippen LogP contribution < -0.4 is 0 Å². The minimum Gasteiger partial charge on any atom is -0.308 e. The van der Waals surface area contributed by atoms with Crippen LogP contribution in [-0.4, -0.2) is 63.1 Å². The number of imidazole rings is 1. The number of rotatable bonds is 7. The maximum Gasteiger partial charge on any atom is 0.160 e. The van der Waals surface area contributed by atoms with Gasteiger partial charge < -0.3 is 14.4 Å². The summed E-state index contributed by atoms with van der Waals surface area (Å²) in [6.45, 7) is 13.6. The van der Waals surface area contributed by atoms with Crippen LogP contribution in [0, 0.1) is 13.8 Å². The second-order valence-electron chi connectivity index (χ2n) is 10.5. The smallest absolute Gasteiger partial charge is 0.160 e. The SMILES string of the molecule is CCc1nc2c(C)cc(C)nc2n1Cc1ccc(CCN2CCC(N3CCCCC3)CC2)cc1. The van der Waals surface area contributed by atoms with Gasteiger partial charge in [0.25, 0.3) is 0 Å². The molecule has 0 spiro atoms. The first-order chi connectivity index (χ1) is 16.6. The zero-order valence-electron chi connectivity index (χ0n) is 21.4. The first-order valence-electron chi connectivity index (χ1n) is 13.5. The molecule has 0 N–H and O–H groups in total. The highest BCUT2D eigenvalue weighted by Gasteiger charge is 2.25. The molecular weight excluding hydrogens is 418 g/mol. The van der Waals surface area contributed by atoms with Crippen molar-refractivity contribution in [3.05, 3.63) is 58.5 Å². The van der Waals surface area contributed by atoms with E-state index < -0.39 is 0 Å². The summed E-state index contributed by atoms with van der Waals surface area (Å²) in [5, 5.41) is 0. The number of piperidine rings is 2. The van der Waals surface area contributed by atoms with Crippen molar-refractivity contribution in [1.29, 1.82) is 0 Å². The number of benzene rings is 1. The Bertz CT molecular complexity index is 1090. The Balaban J connectivity index is 1.17. The van der Waals surface area contributed by atoms with Crippen LogP contribution in [0.4, 0.5) is 0 Å². The van der Waals surface area contributed by atoms with E-state index in [-0.39, 0.29) is 0 Å². The molecule has 2 saturated heterocycles. The van der Waals surface area contributed by atoms with Gasteiger partial charge >= 0.3 is 0 Å². The molecule has 1 aromatic carbocycles. The molecule has 182 valence electrons. The van der Waals surface area contributed by atoms with Gasteiger partial charge in [-0.15, -0.1) is 0 Å². The van der Waals surface area contributed by atoms with E-state index in [9.17, 15) is 0 Å². The summed E-state index contributed by atoms with van der Waals surface area (Å²) < 4.78 is 2.30. The highest BCUT2D eigenvalue weighted by molar-refractivity contribution is 5.76. The van der Waals surface area contributed by atoms with Gasteiger partial charge in [-0.2, -0.15) is 0 Å². The van der Waals surface area contributed by atoms with E-state index in [1.54, 1.807) is 0 Å². The van der Waals surface area contributed by atoms with Crippen molar-refractivity contribution in [2.75, 3.05) is 32.7 Å². The van der Waals surface area contributed by atoms with Gasteiger partial charge in [0, 0.05) is 24.7 Å². The number of aromatic nitrogens is 3. The van der Waals surface area contributed by atoms with Crippen LogP contribution in [0.5, 0.6) is 0 Å². The van der Waals surface area contributed by atoms with E-state index >= 15 is 0 Å². The number of hydrogen-bond donors (Lipinski definition) is 0. The van der Waals surface area contributed by atoms with Gasteiger partial charge in [0.1, 0.15) is 11.3 Å². The Morgan fingerprint density at radius 1 is 0.882 bits per heavy atom. The van der Waals surface area contributed by atoms with Crippen LogP contribution in [0.3, 0.4) is 0 Å². The number of fused-ring (bicyclic) bond motifs is 1. The first-order valence-corrected chi connectivity index (χ1v) is 13.5. The minimum absolute atomic E-state index is 0.833. The molecule has 3 aromatic rings. The van der Waals surface area contributed by atoms with Crippen molar-refractivity contribution >= 4 is 11.2 Å². The number of likely N-dealkylation sites (tertiary alicyclic amines) is 2. The fourth-order valence-corrected chi connectivity index (χ4v) is 5.96. The molecule has 0 atom stereocenters. The van der Waals surface area contributed by atoms with Crippen LogP contribution in [0.1, 0.15) is 67.2 Å². The minimum atomic E-state index is 0.833. The Morgan fingerprint density at radius 2 is 1.59 bits per heavy atom. The molecule has 34 heavy (non-hydrogen) atoms. The monoisotopic (exact) mass is 459 g/mol. The zero-order chi connectivity index (χ0) is 23.5. The van der Waals surface area contributed by atoms with E-state index in [2.05, 4.69) is 65.5 Å². The van der Waals surface area contributed by atoms with Crippen LogP contribution in [-0.2, 0) is 19.4 Å². The molecule has 0 saturated carbocycles. The van der Waals surface area contributed by atoms with Crippen LogP contribution in [0.25, 0.3) is 11.2 Å². The number of pyridine rings is 1. The Hall–Kier alpha value is -2.24. The summed E-state index contributed by atoms with van der Waals surface area (Å²) in [6, 6.07) is 12.2. The summed E-state index contributed by atoms with van der Waals surface area (Å²) in [5.41, 5.74) is 7.10. The van der Waals surface area contributed by atoms with E-state index in [0.29, 0.717) is 0 Å². The van der Waals surface area contributed by atoms with Crippen LogP contribution >= 0.6 is 0 Å². The molecule has 0 bridgehead atoms. The number of nitrogens with zero attached hydrogens (tertiary/aromatic N) is 5. The molecule has 0 unspecified atom stereocenters. The molecule has 0 radical (unpaired) electrons. The lowest BCUT2D eigenvalue weighted by molar-refractivity contribution is 0.0931. The second kappa shape index (κ2) is 10.6. The lowest BCUT2D eigenvalue weighted by atomic mass is 9.99. The van der Waals surface area contributed by atoms with Gasteiger partial charge in [-0.25, -0.2) is 9.97 Å². The van der Waals surface area contributed by atoms with Gasteiger partial charge in [-0.3, -0.25) is 0 Å². The molecule has 5 nitrogen and oxygen atoms in total. The van der Waals surface area contributed by atoms with Gasteiger partial charge in [0.2, 0.25) is 0 Å². The third-order valence-electron chi connectivity index (χ3n) is 7.96. The van der Waals surface area contributed by atoms with Crippen molar-refractivity contribution in [2.24, 2.45) is 0 Å². The summed E-state index contributed by atoms with van der Waals surface area (Å²) in [5.74, 6) is 1.12. The van der Waals surface area contributed by atoms with Gasteiger partial charge in [0.05, 0.1) is 6.54 Å². The second-order valence-corrected chi connectivity index (χ2v) is 10.5. The topological polar surface area (TPSA) is 37.2 Å². The Labute approximate surface area is 205 Å². The van der Waals surface area contributed by atoms with Crippen molar-refractivity contribution < 1.29 is 0 Å². The standard InChI is InChI=1S/C29H41N5/c1-4-27-31-28-22(2)20-23(3)30-29(28)34(27)21-25-10-8-24(9-11-25)12-17-32-18-13-26(14-19-32)33-15-6-5-7-16-33/h8-11,20,26H,4-7,12-19,21H2,1-3H3. The zero-order valence-corrected chi connectivity index (χ0v) is 21.4. The third-order valence-corrected chi connectivity index (χ3v) is 7.96. The van der Waals surface area contributed by atoms with Crippen molar-refractivity contribution in [2.45, 2.75) is 78.3 Å². The van der Waals surface area contributed by atoms with Crippen LogP contribution in [0.15, 0.2) is 30.3 Å². The Morgan fingerprint density at radius 3 is 2.29 bits per heavy atom. The van der Waals surface area contributed by atoms with Gasteiger partial charge in [0.15, 0.2) is 5.65 Å². The average molecular weight is 460 g/mol. The molecule has 4 heterocycles. The first kappa shape index (κ1) is 23.5. The highest BCUT2D eigenvalue weighted by atomic mass is 15.2. The molecule has 2 aliphatic heterocycles. The van der Waals surface area contributed by atoms with Crippen molar-refractivity contribution in [3.63, 3.8) is 0 Å². The van der Waals surface area contributed by atoms with E-state index in [1.165, 1.54) is 81.5 Å².